The SMILES string of the molecule is Cc1csc([C@H]2CCCN2C(=O)c2cc(-c3nnc([C@@](C)(N)Cc4ccccc4)o3)cc(N3CCCC3=O)c2)n1. The van der Waals surface area contributed by atoms with E-state index in [0.717, 1.165) is 35.5 Å². The maximum Gasteiger partial charge on any atom is 0.254 e. The molecule has 2 saturated heterocycles. The largest absolute Gasteiger partial charge is 0.419 e. The Hall–Kier alpha value is -3.89. The second-order valence-electron chi connectivity index (χ2n) is 10.9. The van der Waals surface area contributed by atoms with E-state index in [1.54, 1.807) is 28.4 Å². The molecule has 0 bridgehead atoms. The molecule has 9 nitrogen and oxygen atoms in total. The van der Waals surface area contributed by atoms with E-state index in [-0.39, 0.29) is 23.7 Å². The van der Waals surface area contributed by atoms with Crippen molar-refractivity contribution in [1.82, 2.24) is 20.1 Å². The molecule has 2 atom stereocenters. The number of rotatable bonds is 7. The van der Waals surface area contributed by atoms with Crippen molar-refractivity contribution < 1.29 is 14.0 Å². The minimum absolute atomic E-state index is 0.0384. The molecule has 2 aliphatic rings. The van der Waals surface area contributed by atoms with E-state index in [4.69, 9.17) is 10.2 Å². The van der Waals surface area contributed by atoms with Crippen LogP contribution < -0.4 is 10.6 Å². The number of nitrogens with zero attached hydrogens (tertiary/aromatic N) is 5. The van der Waals surface area contributed by atoms with Crippen LogP contribution in [0.25, 0.3) is 11.5 Å². The Morgan fingerprint density at radius 3 is 2.70 bits per heavy atom. The number of hydrogen-bond acceptors (Lipinski definition) is 8. The zero-order valence-electron chi connectivity index (χ0n) is 22.7. The van der Waals surface area contributed by atoms with E-state index in [1.165, 1.54) is 0 Å². The number of anilines is 1. The maximum absolute atomic E-state index is 14.0. The van der Waals surface area contributed by atoms with Gasteiger partial charge in [-0.05, 0) is 63.3 Å². The molecule has 2 aromatic heterocycles. The quantitative estimate of drug-likeness (QED) is 0.339. The second kappa shape index (κ2) is 10.6. The molecule has 206 valence electrons. The summed E-state index contributed by atoms with van der Waals surface area (Å²) in [5.41, 5.74) is 9.48. The molecule has 0 saturated carbocycles. The second-order valence-corrected chi connectivity index (χ2v) is 11.8. The summed E-state index contributed by atoms with van der Waals surface area (Å²) in [5, 5.41) is 11.6. The molecular formula is C30H32N6O3S. The first-order valence-electron chi connectivity index (χ1n) is 13.6. The van der Waals surface area contributed by atoms with Crippen LogP contribution >= 0.6 is 11.3 Å². The minimum Gasteiger partial charge on any atom is -0.419 e. The molecule has 2 aromatic carbocycles. The smallest absolute Gasteiger partial charge is 0.254 e. The third-order valence-electron chi connectivity index (χ3n) is 7.56. The van der Waals surface area contributed by atoms with Gasteiger partial charge in [0.1, 0.15) is 5.01 Å². The topological polar surface area (TPSA) is 118 Å². The summed E-state index contributed by atoms with van der Waals surface area (Å²) in [4.78, 5) is 34.9. The monoisotopic (exact) mass is 556 g/mol. The molecule has 4 aromatic rings. The van der Waals surface area contributed by atoms with Crippen LogP contribution in [0.4, 0.5) is 5.69 Å². The Morgan fingerprint density at radius 2 is 1.98 bits per heavy atom. The number of aryl methyl sites for hydroxylation is 1. The molecule has 0 spiro atoms. The predicted molar refractivity (Wildman–Crippen MR) is 153 cm³/mol. The van der Waals surface area contributed by atoms with Gasteiger partial charge in [-0.2, -0.15) is 0 Å². The lowest BCUT2D eigenvalue weighted by Crippen LogP contribution is -2.35. The first-order chi connectivity index (χ1) is 19.3. The van der Waals surface area contributed by atoms with Crippen molar-refractivity contribution in [2.75, 3.05) is 18.0 Å². The van der Waals surface area contributed by atoms with Crippen LogP contribution in [0, 0.1) is 6.92 Å². The molecule has 4 heterocycles. The summed E-state index contributed by atoms with van der Waals surface area (Å²) >= 11 is 1.59. The third-order valence-corrected chi connectivity index (χ3v) is 8.62. The van der Waals surface area contributed by atoms with E-state index in [0.29, 0.717) is 48.6 Å². The maximum atomic E-state index is 14.0. The van der Waals surface area contributed by atoms with E-state index < -0.39 is 5.54 Å². The van der Waals surface area contributed by atoms with Crippen molar-refractivity contribution in [2.24, 2.45) is 5.73 Å². The number of carbonyl (C=O) groups is 2. The first kappa shape index (κ1) is 26.3. The standard InChI is InChI=1S/C30H32N6O3S/c1-19-18-40-27(32-19)24-10-6-13-36(24)28(38)22-14-21(15-23(16-22)35-12-7-11-25(35)37)26-33-34-29(39-26)30(2,31)17-20-8-4-3-5-9-20/h3-5,8-9,14-16,18,24H,6-7,10-13,17,31H2,1-2H3/t24-,30+/m1/s1. The van der Waals surface area contributed by atoms with Gasteiger partial charge < -0.3 is 20.0 Å². The summed E-state index contributed by atoms with van der Waals surface area (Å²) < 4.78 is 6.12. The average Bonchev–Trinajstić information content (AvgIpc) is 3.75. The Labute approximate surface area is 237 Å². The summed E-state index contributed by atoms with van der Waals surface area (Å²) in [5.74, 6) is 0.505. The third kappa shape index (κ3) is 5.16. The fraction of sp³-hybridized carbons (Fsp3) is 0.367. The average molecular weight is 557 g/mol. The number of likely N-dealkylation sites (tertiary alicyclic amines) is 1. The van der Waals surface area contributed by atoms with Gasteiger partial charge in [-0.15, -0.1) is 21.5 Å². The zero-order chi connectivity index (χ0) is 27.9. The van der Waals surface area contributed by atoms with Gasteiger partial charge in [-0.3, -0.25) is 9.59 Å². The molecule has 2 N–H and O–H groups in total. The van der Waals surface area contributed by atoms with E-state index in [9.17, 15) is 9.59 Å². The van der Waals surface area contributed by atoms with Gasteiger partial charge in [0.25, 0.3) is 5.91 Å². The number of aromatic nitrogens is 3. The van der Waals surface area contributed by atoms with Gasteiger partial charge in [-0.25, -0.2) is 4.98 Å². The van der Waals surface area contributed by atoms with Gasteiger partial charge >= 0.3 is 0 Å². The van der Waals surface area contributed by atoms with Crippen molar-refractivity contribution in [3.05, 3.63) is 81.6 Å². The summed E-state index contributed by atoms with van der Waals surface area (Å²) in [7, 11) is 0. The highest BCUT2D eigenvalue weighted by Gasteiger charge is 2.34. The summed E-state index contributed by atoms with van der Waals surface area (Å²) in [6.45, 7) is 5.09. The number of benzene rings is 2. The van der Waals surface area contributed by atoms with Crippen LogP contribution in [0.5, 0.6) is 0 Å². The van der Waals surface area contributed by atoms with Crippen LogP contribution in [0.2, 0.25) is 0 Å². The summed E-state index contributed by atoms with van der Waals surface area (Å²) in [6.07, 6.45) is 3.57. The highest BCUT2D eigenvalue weighted by molar-refractivity contribution is 7.09. The fourth-order valence-electron chi connectivity index (χ4n) is 5.56. The molecule has 40 heavy (non-hydrogen) atoms. The van der Waals surface area contributed by atoms with E-state index >= 15 is 0 Å². The molecule has 0 aliphatic carbocycles. The predicted octanol–water partition coefficient (Wildman–Crippen LogP) is 5.02. The Bertz CT molecular complexity index is 1550. The van der Waals surface area contributed by atoms with Crippen LogP contribution in [0.1, 0.15) is 71.2 Å². The molecular weight excluding hydrogens is 524 g/mol. The van der Waals surface area contributed by atoms with Gasteiger partial charge in [-0.1, -0.05) is 30.3 Å². The lowest BCUT2D eigenvalue weighted by molar-refractivity contribution is -0.117. The van der Waals surface area contributed by atoms with E-state index in [1.807, 2.05) is 60.5 Å². The normalized spacial score (nSPS) is 18.9. The number of thiazole rings is 1. The highest BCUT2D eigenvalue weighted by Crippen LogP contribution is 2.37. The molecule has 2 fully saturated rings. The first-order valence-corrected chi connectivity index (χ1v) is 14.5. The van der Waals surface area contributed by atoms with Crippen LogP contribution in [0.15, 0.2) is 58.3 Å². The van der Waals surface area contributed by atoms with Crippen molar-refractivity contribution in [2.45, 2.75) is 57.5 Å². The molecule has 10 heteroatoms. The van der Waals surface area contributed by atoms with Gasteiger partial charge in [0.15, 0.2) is 0 Å². The Kier molecular flexibility index (Phi) is 6.97. The van der Waals surface area contributed by atoms with Crippen molar-refractivity contribution >= 4 is 28.8 Å². The lowest BCUT2D eigenvalue weighted by Gasteiger charge is -2.24. The van der Waals surface area contributed by atoms with Gasteiger partial charge in [0, 0.05) is 47.4 Å². The molecule has 0 radical (unpaired) electrons. The lowest BCUT2D eigenvalue weighted by atomic mass is 9.94. The number of amides is 2. The van der Waals surface area contributed by atoms with Crippen molar-refractivity contribution in [3.63, 3.8) is 0 Å². The van der Waals surface area contributed by atoms with Crippen LogP contribution in [0.3, 0.4) is 0 Å². The van der Waals surface area contributed by atoms with Gasteiger partial charge in [0.2, 0.25) is 17.7 Å². The van der Waals surface area contributed by atoms with Crippen LogP contribution in [-0.2, 0) is 16.8 Å². The molecule has 0 unspecified atom stereocenters. The van der Waals surface area contributed by atoms with Crippen molar-refractivity contribution in [3.8, 4) is 11.5 Å². The fourth-order valence-corrected chi connectivity index (χ4v) is 6.50. The van der Waals surface area contributed by atoms with E-state index in [2.05, 4.69) is 15.2 Å². The van der Waals surface area contributed by atoms with Gasteiger partial charge in [0.05, 0.1) is 11.6 Å². The molecule has 6 rings (SSSR count). The molecule has 2 amide bonds. The van der Waals surface area contributed by atoms with Crippen LogP contribution in [-0.4, -0.2) is 45.0 Å². The number of hydrogen-bond donors (Lipinski definition) is 1. The molecule has 2 aliphatic heterocycles. The van der Waals surface area contributed by atoms with Crippen molar-refractivity contribution in [1.29, 1.82) is 0 Å². The minimum atomic E-state index is -0.887. The Balaban J connectivity index is 1.35. The zero-order valence-corrected chi connectivity index (χ0v) is 23.5. The summed E-state index contributed by atoms with van der Waals surface area (Å²) in [6, 6.07) is 15.3. The highest BCUT2D eigenvalue weighted by atomic mass is 32.1. The number of carbonyl (C=O) groups excluding carboxylic acids is 2. The Morgan fingerprint density at radius 1 is 1.15 bits per heavy atom. The number of nitrogens with two attached hydrogens (primary N) is 1.